The van der Waals surface area contributed by atoms with E-state index in [1.165, 1.54) is 0 Å². The van der Waals surface area contributed by atoms with Crippen LogP contribution in [0.5, 0.6) is 0 Å². The average Bonchev–Trinajstić information content (AvgIpc) is 2.38. The molecule has 19 heavy (non-hydrogen) atoms. The van der Waals surface area contributed by atoms with Crippen LogP contribution >= 0.6 is 0 Å². The van der Waals surface area contributed by atoms with Gasteiger partial charge in [-0.05, 0) is 31.9 Å². The van der Waals surface area contributed by atoms with Crippen molar-refractivity contribution in [3.05, 3.63) is 23.9 Å². The zero-order valence-electron chi connectivity index (χ0n) is 11.0. The lowest BCUT2D eigenvalue weighted by molar-refractivity contribution is -0.118. The SMILES string of the molecule is CCOC(=O)c1cccnc1NCCCCC(N)=O. The van der Waals surface area contributed by atoms with Crippen molar-refractivity contribution in [2.24, 2.45) is 5.73 Å². The third-order valence-corrected chi connectivity index (χ3v) is 2.45. The zero-order chi connectivity index (χ0) is 14.1. The smallest absolute Gasteiger partial charge is 0.341 e. The number of amides is 1. The second kappa shape index (κ2) is 8.07. The van der Waals surface area contributed by atoms with Gasteiger partial charge in [-0.2, -0.15) is 0 Å². The van der Waals surface area contributed by atoms with Crippen LogP contribution in [-0.2, 0) is 9.53 Å². The molecule has 0 atom stereocenters. The highest BCUT2D eigenvalue weighted by Crippen LogP contribution is 2.13. The van der Waals surface area contributed by atoms with Gasteiger partial charge in [0.2, 0.25) is 5.91 Å². The van der Waals surface area contributed by atoms with Crippen molar-refractivity contribution < 1.29 is 14.3 Å². The Labute approximate surface area is 112 Å². The molecule has 0 aliphatic heterocycles. The number of anilines is 1. The number of hydrogen-bond donors (Lipinski definition) is 2. The fourth-order valence-electron chi connectivity index (χ4n) is 1.55. The Balaban J connectivity index is 2.49. The first-order valence-corrected chi connectivity index (χ1v) is 6.29. The summed E-state index contributed by atoms with van der Waals surface area (Å²) in [5.41, 5.74) is 5.47. The largest absolute Gasteiger partial charge is 0.462 e. The zero-order valence-corrected chi connectivity index (χ0v) is 11.0. The van der Waals surface area contributed by atoms with Crippen molar-refractivity contribution in [2.75, 3.05) is 18.5 Å². The number of nitrogens with one attached hydrogen (secondary N) is 1. The molecule has 6 nitrogen and oxygen atoms in total. The summed E-state index contributed by atoms with van der Waals surface area (Å²) in [7, 11) is 0. The van der Waals surface area contributed by atoms with Crippen LogP contribution in [0.3, 0.4) is 0 Å². The third kappa shape index (κ3) is 5.37. The van der Waals surface area contributed by atoms with Crippen LogP contribution in [0, 0.1) is 0 Å². The van der Waals surface area contributed by atoms with Gasteiger partial charge in [0.15, 0.2) is 0 Å². The Morgan fingerprint density at radius 3 is 2.89 bits per heavy atom. The van der Waals surface area contributed by atoms with Crippen LogP contribution in [0.4, 0.5) is 5.82 Å². The van der Waals surface area contributed by atoms with Crippen molar-refractivity contribution in [1.29, 1.82) is 0 Å². The normalized spacial score (nSPS) is 9.95. The minimum atomic E-state index is -0.393. The van der Waals surface area contributed by atoms with E-state index in [1.54, 1.807) is 25.3 Å². The Morgan fingerprint density at radius 1 is 1.42 bits per heavy atom. The van der Waals surface area contributed by atoms with Crippen LogP contribution in [0.1, 0.15) is 36.5 Å². The summed E-state index contributed by atoms with van der Waals surface area (Å²) in [6.07, 6.45) is 3.47. The molecule has 3 N–H and O–H groups in total. The monoisotopic (exact) mass is 265 g/mol. The first-order valence-electron chi connectivity index (χ1n) is 6.29. The van der Waals surface area contributed by atoms with E-state index in [-0.39, 0.29) is 5.91 Å². The Bertz CT molecular complexity index is 435. The van der Waals surface area contributed by atoms with Crippen molar-refractivity contribution >= 4 is 17.7 Å². The molecule has 0 saturated heterocycles. The molecule has 0 saturated carbocycles. The van der Waals surface area contributed by atoms with Crippen molar-refractivity contribution in [3.63, 3.8) is 0 Å². The fraction of sp³-hybridized carbons (Fsp3) is 0.462. The second-order valence-corrected chi connectivity index (χ2v) is 3.97. The van der Waals surface area contributed by atoms with Crippen molar-refractivity contribution in [3.8, 4) is 0 Å². The molecular formula is C13H19N3O3. The van der Waals surface area contributed by atoms with Gasteiger partial charge in [0.05, 0.1) is 6.61 Å². The van der Waals surface area contributed by atoms with Crippen LogP contribution in [0.2, 0.25) is 0 Å². The first-order chi connectivity index (χ1) is 9.15. The van der Waals surface area contributed by atoms with E-state index in [9.17, 15) is 9.59 Å². The number of aromatic nitrogens is 1. The Hall–Kier alpha value is -2.11. The number of hydrogen-bond acceptors (Lipinski definition) is 5. The van der Waals surface area contributed by atoms with Gasteiger partial charge < -0.3 is 15.8 Å². The molecule has 1 aromatic heterocycles. The molecular weight excluding hydrogens is 246 g/mol. The maximum absolute atomic E-state index is 11.7. The molecule has 0 aliphatic carbocycles. The van der Waals surface area contributed by atoms with E-state index in [0.29, 0.717) is 37.4 Å². The highest BCUT2D eigenvalue weighted by atomic mass is 16.5. The molecule has 0 spiro atoms. The van der Waals surface area contributed by atoms with Crippen LogP contribution in [0.15, 0.2) is 18.3 Å². The van der Waals surface area contributed by atoms with E-state index in [2.05, 4.69) is 10.3 Å². The summed E-state index contributed by atoms with van der Waals surface area (Å²) < 4.78 is 4.95. The summed E-state index contributed by atoms with van der Waals surface area (Å²) in [5, 5.41) is 3.06. The van der Waals surface area contributed by atoms with E-state index < -0.39 is 5.97 Å². The number of nitrogens with zero attached hydrogens (tertiary/aromatic N) is 1. The molecule has 0 radical (unpaired) electrons. The third-order valence-electron chi connectivity index (χ3n) is 2.45. The topological polar surface area (TPSA) is 94.3 Å². The number of carbonyl (C=O) groups is 2. The summed E-state index contributed by atoms with van der Waals surface area (Å²) >= 11 is 0. The van der Waals surface area contributed by atoms with Crippen LogP contribution in [0.25, 0.3) is 0 Å². The lowest BCUT2D eigenvalue weighted by Gasteiger charge is -2.09. The van der Waals surface area contributed by atoms with Gasteiger partial charge in [0, 0.05) is 19.2 Å². The number of rotatable bonds is 8. The van der Waals surface area contributed by atoms with Gasteiger partial charge in [-0.15, -0.1) is 0 Å². The number of esters is 1. The molecule has 1 aromatic rings. The molecule has 0 aromatic carbocycles. The van der Waals surface area contributed by atoms with Crippen molar-refractivity contribution in [1.82, 2.24) is 4.98 Å². The summed E-state index contributed by atoms with van der Waals surface area (Å²) in [6.45, 7) is 2.70. The Morgan fingerprint density at radius 2 is 2.21 bits per heavy atom. The molecule has 6 heteroatoms. The van der Waals surface area contributed by atoms with E-state index in [1.807, 2.05) is 0 Å². The van der Waals surface area contributed by atoms with Crippen LogP contribution < -0.4 is 11.1 Å². The molecule has 1 rings (SSSR count). The van der Waals surface area contributed by atoms with Gasteiger partial charge in [-0.25, -0.2) is 9.78 Å². The fourth-order valence-corrected chi connectivity index (χ4v) is 1.55. The van der Waals surface area contributed by atoms with E-state index >= 15 is 0 Å². The lowest BCUT2D eigenvalue weighted by Crippen LogP contribution is -2.13. The molecule has 1 amide bonds. The van der Waals surface area contributed by atoms with E-state index in [4.69, 9.17) is 10.5 Å². The predicted molar refractivity (Wildman–Crippen MR) is 71.7 cm³/mol. The molecule has 1 heterocycles. The van der Waals surface area contributed by atoms with Crippen molar-refractivity contribution in [2.45, 2.75) is 26.2 Å². The lowest BCUT2D eigenvalue weighted by atomic mass is 10.2. The number of pyridine rings is 1. The maximum atomic E-state index is 11.7. The summed E-state index contributed by atoms with van der Waals surface area (Å²) in [5.74, 6) is -0.194. The first kappa shape index (κ1) is 14.9. The number of unbranched alkanes of at least 4 members (excludes halogenated alkanes) is 1. The predicted octanol–water partition coefficient (Wildman–Crippen LogP) is 1.33. The highest BCUT2D eigenvalue weighted by Gasteiger charge is 2.12. The number of carbonyl (C=O) groups excluding carboxylic acids is 2. The molecule has 104 valence electrons. The second-order valence-electron chi connectivity index (χ2n) is 3.97. The number of nitrogens with two attached hydrogens (primary N) is 1. The average molecular weight is 265 g/mol. The molecule has 0 fully saturated rings. The number of ether oxygens (including phenoxy) is 1. The Kier molecular flexibility index (Phi) is 6.35. The van der Waals surface area contributed by atoms with Gasteiger partial charge in [0.1, 0.15) is 11.4 Å². The molecule has 0 bridgehead atoms. The van der Waals surface area contributed by atoms with Crippen LogP contribution in [-0.4, -0.2) is 30.0 Å². The van der Waals surface area contributed by atoms with Gasteiger partial charge in [-0.1, -0.05) is 0 Å². The minimum absolute atomic E-state index is 0.301. The standard InChI is InChI=1S/C13H19N3O3/c1-2-19-13(18)10-6-5-9-16-12(10)15-8-4-3-7-11(14)17/h5-6,9H,2-4,7-8H2,1H3,(H2,14,17)(H,15,16). The minimum Gasteiger partial charge on any atom is -0.462 e. The quantitative estimate of drug-likeness (QED) is 0.546. The molecule has 0 aliphatic rings. The molecule has 0 unspecified atom stereocenters. The highest BCUT2D eigenvalue weighted by molar-refractivity contribution is 5.94. The summed E-state index contributed by atoms with van der Waals surface area (Å²) in [4.78, 5) is 26.4. The van der Waals surface area contributed by atoms with E-state index in [0.717, 1.165) is 6.42 Å². The maximum Gasteiger partial charge on any atom is 0.341 e. The van der Waals surface area contributed by atoms with Gasteiger partial charge in [0.25, 0.3) is 0 Å². The van der Waals surface area contributed by atoms with Gasteiger partial charge in [-0.3, -0.25) is 4.79 Å². The summed E-state index contributed by atoms with van der Waals surface area (Å²) in [6, 6.07) is 3.35. The van der Waals surface area contributed by atoms with Gasteiger partial charge >= 0.3 is 5.97 Å². The number of primary amides is 1.